The highest BCUT2D eigenvalue weighted by atomic mass is 19.3. The first-order valence-electron chi connectivity index (χ1n) is 10.1. The van der Waals surface area contributed by atoms with Crippen molar-refractivity contribution >= 4 is 11.6 Å². The van der Waals surface area contributed by atoms with Gasteiger partial charge in [0.15, 0.2) is 0 Å². The summed E-state index contributed by atoms with van der Waals surface area (Å²) < 4.78 is 42.0. The van der Waals surface area contributed by atoms with Gasteiger partial charge in [0.2, 0.25) is 5.91 Å². The number of benzene rings is 2. The van der Waals surface area contributed by atoms with Crippen molar-refractivity contribution < 1.29 is 18.0 Å². The Labute approximate surface area is 188 Å². The normalized spacial score (nSPS) is 11.3. The van der Waals surface area contributed by atoms with E-state index in [4.69, 9.17) is 0 Å². The summed E-state index contributed by atoms with van der Waals surface area (Å²) in [6.07, 6.45) is 4.21. The smallest absolute Gasteiger partial charge is 0.271 e. The number of hydrogen-bond acceptors (Lipinski definition) is 4. The van der Waals surface area contributed by atoms with Crippen LogP contribution in [0.2, 0.25) is 0 Å². The van der Waals surface area contributed by atoms with Gasteiger partial charge in [0.05, 0.1) is 36.4 Å². The summed E-state index contributed by atoms with van der Waals surface area (Å²) in [5, 5.41) is 10.1. The third-order valence-corrected chi connectivity index (χ3v) is 4.98. The zero-order chi connectivity index (χ0) is 23.4. The van der Waals surface area contributed by atoms with Crippen LogP contribution in [-0.2, 0) is 17.1 Å². The Morgan fingerprint density at radius 2 is 1.82 bits per heavy atom. The molecule has 0 aliphatic carbocycles. The van der Waals surface area contributed by atoms with Crippen LogP contribution in [0.5, 0.6) is 0 Å². The van der Waals surface area contributed by atoms with Gasteiger partial charge in [-0.1, -0.05) is 24.3 Å². The molecular formula is C25H19F3N4O. The summed E-state index contributed by atoms with van der Waals surface area (Å²) in [5.41, 5.74) is 2.72. The van der Waals surface area contributed by atoms with Gasteiger partial charge >= 0.3 is 0 Å². The number of hydrogen-bond donors (Lipinski definition) is 1. The molecule has 8 heteroatoms. The molecule has 0 saturated heterocycles. The summed E-state index contributed by atoms with van der Waals surface area (Å²) in [4.78, 5) is 16.8. The van der Waals surface area contributed by atoms with E-state index in [0.29, 0.717) is 33.6 Å². The third kappa shape index (κ3) is 5.41. The molecule has 5 nitrogen and oxygen atoms in total. The number of rotatable bonds is 6. The van der Waals surface area contributed by atoms with E-state index >= 15 is 0 Å². The van der Waals surface area contributed by atoms with Crippen molar-refractivity contribution in [2.24, 2.45) is 0 Å². The van der Waals surface area contributed by atoms with Gasteiger partial charge < -0.3 is 5.32 Å². The topological polar surface area (TPSA) is 67.8 Å². The zero-order valence-corrected chi connectivity index (χ0v) is 17.6. The van der Waals surface area contributed by atoms with Crippen LogP contribution in [0.1, 0.15) is 18.1 Å². The summed E-state index contributed by atoms with van der Waals surface area (Å²) in [5.74, 6) is -3.85. The predicted molar refractivity (Wildman–Crippen MR) is 119 cm³/mol. The van der Waals surface area contributed by atoms with Crippen molar-refractivity contribution in [3.05, 3.63) is 96.2 Å². The summed E-state index contributed by atoms with van der Waals surface area (Å²) in [6, 6.07) is 15.5. The van der Waals surface area contributed by atoms with Crippen LogP contribution in [0.3, 0.4) is 0 Å². The molecule has 0 atom stereocenters. The molecule has 0 aliphatic rings. The Hall–Kier alpha value is -4.07. The Morgan fingerprint density at radius 1 is 0.970 bits per heavy atom. The van der Waals surface area contributed by atoms with E-state index in [0.717, 1.165) is 6.92 Å². The number of nitrogens with one attached hydrogen (secondary N) is 1. The third-order valence-electron chi connectivity index (χ3n) is 4.98. The van der Waals surface area contributed by atoms with E-state index in [1.807, 2.05) is 0 Å². The fourth-order valence-electron chi connectivity index (χ4n) is 3.44. The Balaban J connectivity index is 1.49. The quantitative estimate of drug-likeness (QED) is 0.415. The molecule has 0 spiro atoms. The van der Waals surface area contributed by atoms with Crippen molar-refractivity contribution in [3.63, 3.8) is 0 Å². The molecule has 1 amide bonds. The maximum atomic E-state index is 14.3. The average molecular weight is 448 g/mol. The minimum absolute atomic E-state index is 0.0936. The lowest BCUT2D eigenvalue weighted by atomic mass is 9.94. The monoisotopic (exact) mass is 448 g/mol. The van der Waals surface area contributed by atoms with Gasteiger partial charge in [0, 0.05) is 23.6 Å². The van der Waals surface area contributed by atoms with Crippen LogP contribution < -0.4 is 5.32 Å². The summed E-state index contributed by atoms with van der Waals surface area (Å²) in [6.45, 7) is 0.816. The molecular weight excluding hydrogens is 429 g/mol. The molecule has 166 valence electrons. The molecule has 2 aromatic heterocycles. The predicted octanol–water partition coefficient (Wildman–Crippen LogP) is 5.64. The van der Waals surface area contributed by atoms with Crippen molar-refractivity contribution in [2.45, 2.75) is 19.3 Å². The number of anilines is 1. The molecule has 4 aromatic rings. The van der Waals surface area contributed by atoms with Crippen LogP contribution >= 0.6 is 0 Å². The number of amides is 1. The van der Waals surface area contributed by atoms with E-state index in [1.165, 1.54) is 36.8 Å². The Morgan fingerprint density at radius 3 is 2.48 bits per heavy atom. The number of carbonyl (C=O) groups excluding carboxylic acids is 1. The molecule has 0 aliphatic heterocycles. The largest absolute Gasteiger partial charge is 0.324 e. The van der Waals surface area contributed by atoms with Crippen LogP contribution in [0, 0.1) is 5.82 Å². The molecule has 33 heavy (non-hydrogen) atoms. The molecule has 2 aromatic carbocycles. The molecule has 0 radical (unpaired) electrons. The van der Waals surface area contributed by atoms with Gasteiger partial charge in [-0.25, -0.2) is 13.2 Å². The number of carbonyl (C=O) groups is 1. The Kier molecular flexibility index (Phi) is 6.17. The van der Waals surface area contributed by atoms with Gasteiger partial charge in [-0.2, -0.15) is 10.2 Å². The fraction of sp³-hybridized carbons (Fsp3) is 0.120. The molecule has 1 N–H and O–H groups in total. The second-order valence-electron chi connectivity index (χ2n) is 7.57. The van der Waals surface area contributed by atoms with E-state index in [9.17, 15) is 18.0 Å². The number of aromatic nitrogens is 3. The van der Waals surface area contributed by atoms with E-state index in [-0.39, 0.29) is 23.7 Å². The van der Waals surface area contributed by atoms with Crippen molar-refractivity contribution in [1.29, 1.82) is 0 Å². The summed E-state index contributed by atoms with van der Waals surface area (Å²) >= 11 is 0. The van der Waals surface area contributed by atoms with E-state index in [2.05, 4.69) is 20.5 Å². The highest BCUT2D eigenvalue weighted by molar-refractivity contribution is 5.92. The molecule has 0 saturated carbocycles. The lowest BCUT2D eigenvalue weighted by molar-refractivity contribution is -0.115. The first-order valence-corrected chi connectivity index (χ1v) is 10.1. The van der Waals surface area contributed by atoms with Crippen LogP contribution in [0.15, 0.2) is 79.3 Å². The maximum Gasteiger partial charge on any atom is 0.271 e. The van der Waals surface area contributed by atoms with Gasteiger partial charge in [-0.05, 0) is 47.5 Å². The first kappa shape index (κ1) is 22.1. The van der Waals surface area contributed by atoms with Gasteiger partial charge in [0.25, 0.3) is 5.92 Å². The lowest BCUT2D eigenvalue weighted by Crippen LogP contribution is -2.16. The number of halogens is 3. The number of pyridine rings is 1. The van der Waals surface area contributed by atoms with Gasteiger partial charge in [-0.3, -0.25) is 9.78 Å². The SMILES string of the molecule is CC(F)(F)c1cc(CC(=O)Nc2ccc(-c3cccc(F)c3)nc2)ccc1-c1ccnnc1. The molecule has 0 bridgehead atoms. The lowest BCUT2D eigenvalue weighted by Gasteiger charge is -2.17. The Bertz CT molecular complexity index is 1270. The first-order chi connectivity index (χ1) is 15.8. The zero-order valence-electron chi connectivity index (χ0n) is 17.6. The van der Waals surface area contributed by atoms with Crippen LogP contribution in [0.4, 0.5) is 18.9 Å². The molecule has 4 rings (SSSR count). The van der Waals surface area contributed by atoms with Crippen LogP contribution in [-0.4, -0.2) is 21.1 Å². The highest BCUT2D eigenvalue weighted by Gasteiger charge is 2.28. The van der Waals surface area contributed by atoms with Crippen molar-refractivity contribution in [1.82, 2.24) is 15.2 Å². The molecule has 0 unspecified atom stereocenters. The second-order valence-corrected chi connectivity index (χ2v) is 7.57. The van der Waals surface area contributed by atoms with Gasteiger partial charge in [0.1, 0.15) is 5.82 Å². The second kappa shape index (κ2) is 9.20. The fourth-order valence-corrected chi connectivity index (χ4v) is 3.44. The van der Waals surface area contributed by atoms with Crippen molar-refractivity contribution in [2.75, 3.05) is 5.32 Å². The molecule has 0 fully saturated rings. The molecule has 2 heterocycles. The average Bonchev–Trinajstić information content (AvgIpc) is 2.79. The minimum atomic E-state index is -3.11. The minimum Gasteiger partial charge on any atom is -0.324 e. The number of nitrogens with zero attached hydrogens (tertiary/aromatic N) is 3. The van der Waals surface area contributed by atoms with Gasteiger partial charge in [-0.15, -0.1) is 0 Å². The van der Waals surface area contributed by atoms with Crippen LogP contribution in [0.25, 0.3) is 22.4 Å². The maximum absolute atomic E-state index is 14.3. The standard InChI is InChI=1S/C25H19F3N4O/c1-25(27,28)22-11-16(5-7-21(22)18-9-10-30-31-14-18)12-24(33)32-20-6-8-23(29-15-20)17-3-2-4-19(26)13-17/h2-11,13-15H,12H2,1H3,(H,32,33). The van der Waals surface area contributed by atoms with E-state index in [1.54, 1.807) is 42.5 Å². The summed E-state index contributed by atoms with van der Waals surface area (Å²) in [7, 11) is 0. The number of alkyl halides is 2. The van der Waals surface area contributed by atoms with Crippen molar-refractivity contribution in [3.8, 4) is 22.4 Å². The highest BCUT2D eigenvalue weighted by Crippen LogP contribution is 2.36. The van der Waals surface area contributed by atoms with E-state index < -0.39 is 5.92 Å².